The molecule has 0 saturated heterocycles. The minimum absolute atomic E-state index is 0. The Morgan fingerprint density at radius 1 is 1.04 bits per heavy atom. The molecular weight excluding hydrogens is 338 g/mol. The number of carbonyl (C=O) groups is 2. The third-order valence-corrected chi connectivity index (χ3v) is 3.60. The molecule has 0 saturated carbocycles. The van der Waals surface area contributed by atoms with E-state index in [0.29, 0.717) is 35.0 Å². The van der Waals surface area contributed by atoms with Crippen LogP contribution < -0.4 is 16.4 Å². The lowest BCUT2D eigenvalue weighted by molar-refractivity contribution is 0.0950. The average Bonchev–Trinajstić information content (AvgIpc) is 2.55. The van der Waals surface area contributed by atoms with E-state index in [1.54, 1.807) is 42.5 Å². The number of aryl methyl sites for hydroxylation is 1. The Hall–Kier alpha value is -2.53. The summed E-state index contributed by atoms with van der Waals surface area (Å²) in [5.41, 5.74) is 8.51. The monoisotopic (exact) mass is 361 g/mol. The Morgan fingerprint density at radius 3 is 2.40 bits per heavy atom. The van der Waals surface area contributed by atoms with E-state index in [9.17, 15) is 9.59 Å². The summed E-state index contributed by atoms with van der Waals surface area (Å²) in [6, 6.07) is 12.1. The van der Waals surface area contributed by atoms with Gasteiger partial charge in [0.25, 0.3) is 11.8 Å². The van der Waals surface area contributed by atoms with Gasteiger partial charge in [0.15, 0.2) is 0 Å². The molecule has 0 unspecified atom stereocenters. The summed E-state index contributed by atoms with van der Waals surface area (Å²) in [5.74, 6) is -0.140. The zero-order chi connectivity index (χ0) is 17.7. The molecule has 0 aliphatic carbocycles. The molecular formula is C19H24ClN3O2. The number of hydrogen-bond acceptors (Lipinski definition) is 3. The largest absolute Gasteiger partial charge is 0.399 e. The third kappa shape index (κ3) is 5.50. The van der Waals surface area contributed by atoms with E-state index in [0.717, 1.165) is 5.56 Å². The summed E-state index contributed by atoms with van der Waals surface area (Å²) in [6.07, 6.45) is 0. The number of hydrogen-bond donors (Lipinski definition) is 3. The van der Waals surface area contributed by atoms with E-state index in [-0.39, 0.29) is 24.2 Å². The highest BCUT2D eigenvalue weighted by atomic mass is 35.5. The first-order valence-electron chi connectivity index (χ1n) is 7.93. The summed E-state index contributed by atoms with van der Waals surface area (Å²) >= 11 is 0. The molecule has 0 spiro atoms. The number of nitrogen functional groups attached to an aromatic ring is 1. The normalized spacial score (nSPS) is 10.1. The molecule has 0 atom stereocenters. The fourth-order valence-corrected chi connectivity index (χ4v) is 2.26. The van der Waals surface area contributed by atoms with Gasteiger partial charge in [-0.05, 0) is 42.7 Å². The molecule has 0 aliphatic rings. The van der Waals surface area contributed by atoms with E-state index >= 15 is 0 Å². The maximum Gasteiger partial charge on any atom is 0.256 e. The van der Waals surface area contributed by atoms with Crippen LogP contribution in [-0.4, -0.2) is 18.4 Å². The smallest absolute Gasteiger partial charge is 0.256 e. The lowest BCUT2D eigenvalue weighted by Gasteiger charge is -2.13. The van der Waals surface area contributed by atoms with E-state index in [4.69, 9.17) is 5.73 Å². The highest BCUT2D eigenvalue weighted by Gasteiger charge is 2.15. The molecule has 6 heteroatoms. The van der Waals surface area contributed by atoms with Crippen LogP contribution in [0.2, 0.25) is 0 Å². The van der Waals surface area contributed by atoms with Crippen molar-refractivity contribution in [2.45, 2.75) is 20.8 Å². The van der Waals surface area contributed by atoms with Crippen LogP contribution in [0.1, 0.15) is 40.1 Å². The lowest BCUT2D eigenvalue weighted by atomic mass is 10.1. The summed E-state index contributed by atoms with van der Waals surface area (Å²) in [7, 11) is 0. The molecule has 2 rings (SSSR count). The van der Waals surface area contributed by atoms with Gasteiger partial charge in [-0.1, -0.05) is 32.0 Å². The summed E-state index contributed by atoms with van der Waals surface area (Å²) in [6.45, 7) is 6.47. The number of nitrogens with one attached hydrogen (secondary N) is 2. The molecule has 25 heavy (non-hydrogen) atoms. The summed E-state index contributed by atoms with van der Waals surface area (Å²) in [5, 5.41) is 5.67. The minimum Gasteiger partial charge on any atom is -0.399 e. The molecule has 2 amide bonds. The van der Waals surface area contributed by atoms with Crippen molar-refractivity contribution >= 4 is 35.6 Å². The van der Waals surface area contributed by atoms with Crippen LogP contribution in [0, 0.1) is 12.8 Å². The zero-order valence-corrected chi connectivity index (χ0v) is 15.4. The van der Waals surface area contributed by atoms with Gasteiger partial charge in [0.05, 0.1) is 11.3 Å². The van der Waals surface area contributed by atoms with Gasteiger partial charge in [-0.2, -0.15) is 0 Å². The second kappa shape index (κ2) is 9.08. The minimum atomic E-state index is -0.288. The van der Waals surface area contributed by atoms with Gasteiger partial charge in [0.2, 0.25) is 0 Å². The van der Waals surface area contributed by atoms with E-state index < -0.39 is 0 Å². The molecule has 0 fully saturated rings. The number of nitrogens with two attached hydrogens (primary N) is 1. The van der Waals surface area contributed by atoms with Crippen molar-refractivity contribution in [2.75, 3.05) is 17.6 Å². The van der Waals surface area contributed by atoms with Crippen molar-refractivity contribution in [3.05, 3.63) is 59.2 Å². The third-order valence-electron chi connectivity index (χ3n) is 3.60. The molecule has 4 N–H and O–H groups in total. The van der Waals surface area contributed by atoms with Gasteiger partial charge in [0, 0.05) is 17.8 Å². The van der Waals surface area contributed by atoms with Gasteiger partial charge in [-0.15, -0.1) is 12.4 Å². The van der Waals surface area contributed by atoms with Crippen LogP contribution in [0.4, 0.5) is 11.4 Å². The standard InChI is InChI=1S/C19H23N3O2.ClH/c1-12(2)11-21-18(23)15-6-4-5-7-17(15)22-19(24)16-10-14(20)9-8-13(16)3;/h4-10,12H,11,20H2,1-3H3,(H,21,23)(H,22,24);1H. The Bertz CT molecular complexity index is 760. The Morgan fingerprint density at radius 2 is 1.72 bits per heavy atom. The van der Waals surface area contributed by atoms with E-state index in [1.807, 2.05) is 20.8 Å². The van der Waals surface area contributed by atoms with Crippen molar-refractivity contribution in [2.24, 2.45) is 5.92 Å². The van der Waals surface area contributed by atoms with Crippen LogP contribution in [-0.2, 0) is 0 Å². The predicted molar refractivity (Wildman–Crippen MR) is 104 cm³/mol. The Kier molecular flexibility index (Phi) is 7.45. The highest BCUT2D eigenvalue weighted by molar-refractivity contribution is 6.09. The first kappa shape index (κ1) is 20.5. The van der Waals surface area contributed by atoms with Crippen molar-refractivity contribution in [1.29, 1.82) is 0 Å². The lowest BCUT2D eigenvalue weighted by Crippen LogP contribution is -2.28. The number of anilines is 2. The van der Waals surface area contributed by atoms with Gasteiger partial charge < -0.3 is 16.4 Å². The quantitative estimate of drug-likeness (QED) is 0.711. The first-order chi connectivity index (χ1) is 11.4. The molecule has 0 aromatic heterocycles. The predicted octanol–water partition coefficient (Wildman–Crippen LogP) is 3.64. The number of rotatable bonds is 5. The van der Waals surface area contributed by atoms with Crippen molar-refractivity contribution in [1.82, 2.24) is 5.32 Å². The van der Waals surface area contributed by atoms with Crippen LogP contribution in [0.5, 0.6) is 0 Å². The molecule has 2 aromatic rings. The van der Waals surface area contributed by atoms with Gasteiger partial charge in [0.1, 0.15) is 0 Å². The van der Waals surface area contributed by atoms with Crippen molar-refractivity contribution in [3.8, 4) is 0 Å². The van der Waals surface area contributed by atoms with Crippen LogP contribution in [0.15, 0.2) is 42.5 Å². The Labute approximate surface area is 154 Å². The number of para-hydroxylation sites is 1. The molecule has 0 bridgehead atoms. The van der Waals surface area contributed by atoms with E-state index in [1.165, 1.54) is 0 Å². The maximum absolute atomic E-state index is 12.5. The molecule has 0 radical (unpaired) electrons. The van der Waals surface area contributed by atoms with Crippen LogP contribution in [0.3, 0.4) is 0 Å². The fourth-order valence-electron chi connectivity index (χ4n) is 2.26. The maximum atomic E-state index is 12.5. The molecule has 134 valence electrons. The molecule has 0 heterocycles. The number of benzene rings is 2. The van der Waals surface area contributed by atoms with Gasteiger partial charge >= 0.3 is 0 Å². The van der Waals surface area contributed by atoms with E-state index in [2.05, 4.69) is 10.6 Å². The zero-order valence-electron chi connectivity index (χ0n) is 14.6. The Balaban J connectivity index is 0.00000312. The summed E-state index contributed by atoms with van der Waals surface area (Å²) < 4.78 is 0. The second-order valence-corrected chi connectivity index (χ2v) is 6.18. The SMILES string of the molecule is Cc1ccc(N)cc1C(=O)Nc1ccccc1C(=O)NCC(C)C.Cl. The molecule has 2 aromatic carbocycles. The molecule has 0 aliphatic heterocycles. The van der Waals surface area contributed by atoms with Crippen molar-refractivity contribution in [3.63, 3.8) is 0 Å². The van der Waals surface area contributed by atoms with Gasteiger partial charge in [-0.25, -0.2) is 0 Å². The first-order valence-corrected chi connectivity index (χ1v) is 7.93. The number of amides is 2. The second-order valence-electron chi connectivity index (χ2n) is 6.18. The number of carbonyl (C=O) groups excluding carboxylic acids is 2. The fraction of sp³-hybridized carbons (Fsp3) is 0.263. The summed E-state index contributed by atoms with van der Waals surface area (Å²) in [4.78, 5) is 24.9. The number of halogens is 1. The van der Waals surface area contributed by atoms with Crippen LogP contribution >= 0.6 is 12.4 Å². The van der Waals surface area contributed by atoms with Crippen molar-refractivity contribution < 1.29 is 9.59 Å². The molecule has 5 nitrogen and oxygen atoms in total. The van der Waals surface area contributed by atoms with Gasteiger partial charge in [-0.3, -0.25) is 9.59 Å². The highest BCUT2D eigenvalue weighted by Crippen LogP contribution is 2.19. The van der Waals surface area contributed by atoms with Crippen LogP contribution in [0.25, 0.3) is 0 Å². The average molecular weight is 362 g/mol. The topological polar surface area (TPSA) is 84.2 Å².